The molecule has 28 heavy (non-hydrogen) atoms. The van der Waals surface area contributed by atoms with E-state index >= 15 is 0 Å². The molecule has 2 aliphatic rings. The van der Waals surface area contributed by atoms with Crippen LogP contribution in [0, 0.1) is 11.3 Å². The summed E-state index contributed by atoms with van der Waals surface area (Å²) in [7, 11) is 4.79. The first-order valence-electron chi connectivity index (χ1n) is 10.2. The summed E-state index contributed by atoms with van der Waals surface area (Å²) < 4.78 is 17.3. The van der Waals surface area contributed by atoms with E-state index in [4.69, 9.17) is 14.2 Å². The SMILES string of the molecule is COc1c2c(c(OC)c(C(C)C)c1OC)C(=O)CC1C(C)(C)CCCC1(O)C2. The summed E-state index contributed by atoms with van der Waals surface area (Å²) >= 11 is 0. The van der Waals surface area contributed by atoms with E-state index in [-0.39, 0.29) is 23.0 Å². The molecule has 5 heteroatoms. The Morgan fingerprint density at radius 1 is 1.00 bits per heavy atom. The van der Waals surface area contributed by atoms with Crippen molar-refractivity contribution >= 4 is 5.78 Å². The molecule has 0 saturated heterocycles. The lowest BCUT2D eigenvalue weighted by Crippen LogP contribution is -2.50. The van der Waals surface area contributed by atoms with Crippen LogP contribution in [0.1, 0.15) is 80.8 Å². The largest absolute Gasteiger partial charge is 0.496 e. The Bertz CT molecular complexity index is 780. The molecule has 2 aliphatic carbocycles. The highest BCUT2D eigenvalue weighted by atomic mass is 16.5. The van der Waals surface area contributed by atoms with Gasteiger partial charge in [-0.3, -0.25) is 4.79 Å². The van der Waals surface area contributed by atoms with Crippen LogP contribution in [0.4, 0.5) is 0 Å². The molecule has 0 aromatic heterocycles. The second-order valence-electron chi connectivity index (χ2n) is 9.32. The summed E-state index contributed by atoms with van der Waals surface area (Å²) in [6.45, 7) is 8.42. The molecule has 156 valence electrons. The fraction of sp³-hybridized carbons (Fsp3) is 0.696. The van der Waals surface area contributed by atoms with Crippen molar-refractivity contribution in [3.05, 3.63) is 16.7 Å². The van der Waals surface area contributed by atoms with Crippen molar-refractivity contribution in [3.8, 4) is 17.2 Å². The lowest BCUT2D eigenvalue weighted by molar-refractivity contribution is -0.0994. The summed E-state index contributed by atoms with van der Waals surface area (Å²) in [5.74, 6) is 1.71. The van der Waals surface area contributed by atoms with Gasteiger partial charge in [0.2, 0.25) is 0 Å². The number of methoxy groups -OCH3 is 3. The van der Waals surface area contributed by atoms with Crippen molar-refractivity contribution in [1.82, 2.24) is 0 Å². The van der Waals surface area contributed by atoms with Gasteiger partial charge < -0.3 is 19.3 Å². The average Bonchev–Trinajstić information content (AvgIpc) is 2.74. The molecule has 0 radical (unpaired) electrons. The summed E-state index contributed by atoms with van der Waals surface area (Å²) in [6.07, 6.45) is 3.34. The number of benzene rings is 1. The van der Waals surface area contributed by atoms with Gasteiger partial charge in [-0.2, -0.15) is 0 Å². The number of rotatable bonds is 4. The van der Waals surface area contributed by atoms with Crippen LogP contribution >= 0.6 is 0 Å². The molecular formula is C23H34O5. The first kappa shape index (κ1) is 21.0. The van der Waals surface area contributed by atoms with E-state index in [0.717, 1.165) is 18.4 Å². The number of carbonyl (C=O) groups excluding carboxylic acids is 1. The molecule has 3 rings (SSSR count). The molecular weight excluding hydrogens is 356 g/mol. The number of ketones is 1. The predicted octanol–water partition coefficient (Wildman–Crippen LogP) is 4.52. The monoisotopic (exact) mass is 390 g/mol. The van der Waals surface area contributed by atoms with Crippen LogP contribution in [0.3, 0.4) is 0 Å². The molecule has 2 unspecified atom stereocenters. The van der Waals surface area contributed by atoms with Crippen LogP contribution in [0.5, 0.6) is 17.2 Å². The quantitative estimate of drug-likeness (QED) is 0.819. The third-order valence-electron chi connectivity index (χ3n) is 6.86. The molecule has 1 saturated carbocycles. The molecule has 0 aliphatic heterocycles. The normalized spacial score (nSPS) is 26.3. The van der Waals surface area contributed by atoms with Crippen molar-refractivity contribution in [2.75, 3.05) is 21.3 Å². The van der Waals surface area contributed by atoms with Gasteiger partial charge in [-0.25, -0.2) is 0 Å². The maximum absolute atomic E-state index is 13.5. The topological polar surface area (TPSA) is 65.0 Å². The zero-order chi connectivity index (χ0) is 20.9. The Morgan fingerprint density at radius 3 is 2.14 bits per heavy atom. The van der Waals surface area contributed by atoms with E-state index in [1.54, 1.807) is 21.3 Å². The zero-order valence-electron chi connectivity index (χ0n) is 18.3. The van der Waals surface area contributed by atoms with Gasteiger partial charge in [0.25, 0.3) is 0 Å². The molecule has 0 bridgehead atoms. The summed E-state index contributed by atoms with van der Waals surface area (Å²) in [4.78, 5) is 13.5. The van der Waals surface area contributed by atoms with E-state index in [1.807, 2.05) is 13.8 Å². The van der Waals surface area contributed by atoms with E-state index in [0.29, 0.717) is 47.6 Å². The van der Waals surface area contributed by atoms with Crippen LogP contribution in [-0.2, 0) is 6.42 Å². The Hall–Kier alpha value is -1.75. The van der Waals surface area contributed by atoms with Gasteiger partial charge in [-0.15, -0.1) is 0 Å². The van der Waals surface area contributed by atoms with Crippen molar-refractivity contribution < 1.29 is 24.1 Å². The molecule has 1 N–H and O–H groups in total. The number of hydrogen-bond acceptors (Lipinski definition) is 5. The standard InChI is InChI=1S/C23H34O5/c1-13(2)17-20(27-6)18-14(19(26-5)21(17)28-7)12-23(25)10-8-9-22(3,4)16(23)11-15(18)24/h13,16,25H,8-12H2,1-7H3. The maximum Gasteiger partial charge on any atom is 0.168 e. The van der Waals surface area contributed by atoms with Crippen LogP contribution in [0.25, 0.3) is 0 Å². The Balaban J connectivity index is 2.34. The highest BCUT2D eigenvalue weighted by molar-refractivity contribution is 6.02. The molecule has 0 spiro atoms. The fourth-order valence-corrected chi connectivity index (χ4v) is 5.56. The first-order chi connectivity index (χ1) is 13.1. The van der Waals surface area contributed by atoms with Crippen molar-refractivity contribution in [2.45, 2.75) is 71.3 Å². The number of aliphatic hydroxyl groups is 1. The Kier molecular flexibility index (Phi) is 5.43. The van der Waals surface area contributed by atoms with Gasteiger partial charge in [-0.05, 0) is 24.2 Å². The summed E-state index contributed by atoms with van der Waals surface area (Å²) in [6, 6.07) is 0. The second kappa shape index (κ2) is 7.25. The average molecular weight is 391 g/mol. The highest BCUT2D eigenvalue weighted by Gasteiger charge is 2.52. The van der Waals surface area contributed by atoms with Crippen LogP contribution in [-0.4, -0.2) is 37.8 Å². The van der Waals surface area contributed by atoms with Gasteiger partial charge >= 0.3 is 0 Å². The van der Waals surface area contributed by atoms with Crippen molar-refractivity contribution in [2.24, 2.45) is 11.3 Å². The van der Waals surface area contributed by atoms with E-state index in [9.17, 15) is 9.90 Å². The van der Waals surface area contributed by atoms with E-state index in [2.05, 4.69) is 13.8 Å². The molecule has 1 aromatic rings. The predicted molar refractivity (Wildman–Crippen MR) is 109 cm³/mol. The third kappa shape index (κ3) is 3.08. The number of ether oxygens (including phenoxy) is 3. The Morgan fingerprint density at radius 2 is 1.61 bits per heavy atom. The fourth-order valence-electron chi connectivity index (χ4n) is 5.56. The Labute approximate surface area is 168 Å². The van der Waals surface area contributed by atoms with Crippen LogP contribution in [0.15, 0.2) is 0 Å². The highest BCUT2D eigenvalue weighted by Crippen LogP contribution is 2.56. The lowest BCUT2D eigenvalue weighted by atomic mass is 9.59. The van der Waals surface area contributed by atoms with Crippen molar-refractivity contribution in [3.63, 3.8) is 0 Å². The van der Waals surface area contributed by atoms with Crippen molar-refractivity contribution in [1.29, 1.82) is 0 Å². The lowest BCUT2D eigenvalue weighted by Gasteiger charge is -2.48. The minimum absolute atomic E-state index is 0.0191. The molecule has 1 fully saturated rings. The van der Waals surface area contributed by atoms with E-state index < -0.39 is 5.60 Å². The number of Topliss-reactive ketones (excluding diaryl/α,β-unsaturated/α-hetero) is 1. The van der Waals surface area contributed by atoms with Gasteiger partial charge in [0.05, 0.1) is 32.5 Å². The summed E-state index contributed by atoms with van der Waals surface area (Å²) in [5, 5.41) is 11.7. The minimum atomic E-state index is -0.939. The number of hydrogen-bond donors (Lipinski definition) is 1. The van der Waals surface area contributed by atoms with Crippen LogP contribution in [0.2, 0.25) is 0 Å². The minimum Gasteiger partial charge on any atom is -0.496 e. The van der Waals surface area contributed by atoms with Gasteiger partial charge in [-0.1, -0.05) is 34.1 Å². The number of fused-ring (bicyclic) bond motifs is 2. The van der Waals surface area contributed by atoms with Crippen LogP contribution < -0.4 is 14.2 Å². The first-order valence-corrected chi connectivity index (χ1v) is 10.2. The zero-order valence-corrected chi connectivity index (χ0v) is 18.3. The van der Waals surface area contributed by atoms with Gasteiger partial charge in [0.1, 0.15) is 5.75 Å². The molecule has 0 heterocycles. The third-order valence-corrected chi connectivity index (χ3v) is 6.86. The maximum atomic E-state index is 13.5. The smallest absolute Gasteiger partial charge is 0.168 e. The van der Waals surface area contributed by atoms with E-state index in [1.165, 1.54) is 0 Å². The summed E-state index contributed by atoms with van der Waals surface area (Å²) in [5.41, 5.74) is 1.07. The van der Waals surface area contributed by atoms with Gasteiger partial charge in [0.15, 0.2) is 17.3 Å². The molecule has 0 amide bonds. The second-order valence-corrected chi connectivity index (χ2v) is 9.32. The molecule has 2 atom stereocenters. The van der Waals surface area contributed by atoms with Gasteiger partial charge in [0, 0.05) is 29.9 Å². The molecule has 1 aromatic carbocycles. The number of carbonyl (C=O) groups is 1. The molecule has 5 nitrogen and oxygen atoms in total.